The molecule has 4 rings (SSSR count). The Kier molecular flexibility index (Phi) is 4.81. The number of amides is 2. The van der Waals surface area contributed by atoms with Gasteiger partial charge in [-0.1, -0.05) is 0 Å². The summed E-state index contributed by atoms with van der Waals surface area (Å²) in [6.07, 6.45) is 5.20. The molecular formula is C17H22N6O3S. The highest BCUT2D eigenvalue weighted by atomic mass is 32.1. The molecule has 2 amide bonds. The van der Waals surface area contributed by atoms with Crippen molar-refractivity contribution in [2.24, 2.45) is 13.0 Å². The number of hydrogen-bond acceptors (Lipinski definition) is 6. The zero-order valence-corrected chi connectivity index (χ0v) is 15.9. The summed E-state index contributed by atoms with van der Waals surface area (Å²) in [5.41, 5.74) is -0.309. The molecule has 1 aliphatic carbocycles. The Morgan fingerprint density at radius 1 is 1.26 bits per heavy atom. The molecule has 2 aromatic heterocycles. The third-order valence-corrected chi connectivity index (χ3v) is 5.83. The lowest BCUT2D eigenvalue weighted by Gasteiger charge is -2.31. The Bertz CT molecular complexity index is 890. The largest absolute Gasteiger partial charge is 0.346 e. The van der Waals surface area contributed by atoms with Crippen LogP contribution in [0.25, 0.3) is 0 Å². The number of likely N-dealkylation sites (tertiary alicyclic amines) is 1. The van der Waals surface area contributed by atoms with Crippen LogP contribution in [0.3, 0.4) is 0 Å². The van der Waals surface area contributed by atoms with Gasteiger partial charge in [0.2, 0.25) is 11.8 Å². The van der Waals surface area contributed by atoms with Crippen molar-refractivity contribution in [1.82, 2.24) is 24.2 Å². The Morgan fingerprint density at radius 3 is 2.63 bits per heavy atom. The van der Waals surface area contributed by atoms with Gasteiger partial charge in [-0.3, -0.25) is 14.2 Å². The molecule has 0 bridgehead atoms. The topological polar surface area (TPSA) is 102 Å². The number of nitrogens with one attached hydrogen (secondary N) is 1. The number of carbonyl (C=O) groups excluding carboxylic acids is 2. The maximum atomic E-state index is 12.4. The van der Waals surface area contributed by atoms with Crippen molar-refractivity contribution in [3.8, 4) is 0 Å². The Labute approximate surface area is 160 Å². The molecule has 10 heteroatoms. The molecule has 0 unspecified atom stereocenters. The molecule has 0 atom stereocenters. The van der Waals surface area contributed by atoms with E-state index in [2.05, 4.69) is 15.4 Å². The van der Waals surface area contributed by atoms with E-state index in [1.54, 1.807) is 18.6 Å². The number of rotatable bonds is 5. The van der Waals surface area contributed by atoms with Crippen molar-refractivity contribution < 1.29 is 9.59 Å². The summed E-state index contributed by atoms with van der Waals surface area (Å²) in [5.74, 6) is 0.976. The fourth-order valence-corrected chi connectivity index (χ4v) is 4.03. The molecule has 144 valence electrons. The first kappa shape index (κ1) is 17.9. The van der Waals surface area contributed by atoms with Crippen molar-refractivity contribution in [3.05, 3.63) is 27.9 Å². The molecule has 0 spiro atoms. The van der Waals surface area contributed by atoms with Crippen LogP contribution in [0, 0.1) is 5.92 Å². The minimum absolute atomic E-state index is 0.120. The number of anilines is 1. The van der Waals surface area contributed by atoms with E-state index in [0.717, 1.165) is 25.7 Å². The number of aromatic nitrogens is 4. The van der Waals surface area contributed by atoms with Crippen LogP contribution in [0.15, 0.2) is 16.4 Å². The third kappa shape index (κ3) is 3.80. The number of carbonyl (C=O) groups is 2. The summed E-state index contributed by atoms with van der Waals surface area (Å²) in [7, 11) is 1.68. The first-order valence-corrected chi connectivity index (χ1v) is 10.0. The molecule has 27 heavy (non-hydrogen) atoms. The summed E-state index contributed by atoms with van der Waals surface area (Å²) >= 11 is 1.32. The van der Waals surface area contributed by atoms with Gasteiger partial charge in [0.25, 0.3) is 0 Å². The van der Waals surface area contributed by atoms with Crippen LogP contribution < -0.4 is 11.0 Å². The predicted molar refractivity (Wildman–Crippen MR) is 99.5 cm³/mol. The zero-order valence-electron chi connectivity index (χ0n) is 15.1. The van der Waals surface area contributed by atoms with Gasteiger partial charge in [-0.25, -0.2) is 14.5 Å². The highest BCUT2D eigenvalue weighted by molar-refractivity contribution is 7.13. The summed E-state index contributed by atoms with van der Waals surface area (Å²) in [6.45, 7) is 1.25. The summed E-state index contributed by atoms with van der Waals surface area (Å²) in [4.78, 5) is 42.7. The highest BCUT2D eigenvalue weighted by Gasteiger charge is 2.36. The van der Waals surface area contributed by atoms with E-state index in [-0.39, 0.29) is 35.9 Å². The van der Waals surface area contributed by atoms with E-state index in [1.807, 2.05) is 4.90 Å². The molecule has 1 aliphatic heterocycles. The monoisotopic (exact) mass is 390 g/mol. The summed E-state index contributed by atoms with van der Waals surface area (Å²) in [6, 6.07) is 0. The van der Waals surface area contributed by atoms with E-state index < -0.39 is 0 Å². The van der Waals surface area contributed by atoms with Crippen molar-refractivity contribution in [2.75, 3.05) is 18.4 Å². The summed E-state index contributed by atoms with van der Waals surface area (Å²) < 4.78 is 2.71. The average Bonchev–Trinajstić information content (AvgIpc) is 3.34. The summed E-state index contributed by atoms with van der Waals surface area (Å²) in [5, 5.41) is 9.32. The molecule has 0 aromatic carbocycles. The molecule has 2 aliphatic rings. The maximum Gasteiger partial charge on any atom is 0.346 e. The van der Waals surface area contributed by atoms with Crippen LogP contribution in [0.1, 0.15) is 37.4 Å². The van der Waals surface area contributed by atoms with Gasteiger partial charge in [0, 0.05) is 43.5 Å². The van der Waals surface area contributed by atoms with Gasteiger partial charge in [0.05, 0.1) is 0 Å². The standard InChI is InChI=1S/C17H22N6O3S/c1-21-14(11-4-7-22(8-5-11)15(25)12-2-3-12)20-23(17(21)26)10-13(24)19-16-18-6-9-27-16/h6,9,11-12H,2-5,7-8,10H2,1H3,(H,18,19,24). The van der Waals surface area contributed by atoms with Crippen molar-refractivity contribution in [3.63, 3.8) is 0 Å². The SMILES string of the molecule is Cn1c(C2CCN(C(=O)C3CC3)CC2)nn(CC(=O)Nc2nccs2)c1=O. The molecule has 2 aromatic rings. The van der Waals surface area contributed by atoms with E-state index in [0.29, 0.717) is 24.0 Å². The second kappa shape index (κ2) is 7.26. The van der Waals surface area contributed by atoms with Gasteiger partial charge >= 0.3 is 5.69 Å². The van der Waals surface area contributed by atoms with E-state index in [9.17, 15) is 14.4 Å². The van der Waals surface area contributed by atoms with Gasteiger partial charge in [-0.15, -0.1) is 11.3 Å². The number of nitrogens with zero attached hydrogens (tertiary/aromatic N) is 5. The average molecular weight is 390 g/mol. The van der Waals surface area contributed by atoms with Crippen molar-refractivity contribution in [1.29, 1.82) is 0 Å². The molecule has 1 saturated carbocycles. The molecule has 9 nitrogen and oxygen atoms in total. The number of piperidine rings is 1. The minimum atomic E-state index is -0.332. The molecule has 2 fully saturated rings. The quantitative estimate of drug-likeness (QED) is 0.813. The van der Waals surface area contributed by atoms with Crippen LogP contribution in [0.5, 0.6) is 0 Å². The van der Waals surface area contributed by atoms with Crippen molar-refractivity contribution in [2.45, 2.75) is 38.1 Å². The van der Waals surface area contributed by atoms with Gasteiger partial charge in [0.15, 0.2) is 5.13 Å². The molecule has 0 radical (unpaired) electrons. The van der Waals surface area contributed by atoms with Crippen LogP contribution in [0.4, 0.5) is 5.13 Å². The first-order chi connectivity index (χ1) is 13.0. The fraction of sp³-hybridized carbons (Fsp3) is 0.588. The lowest BCUT2D eigenvalue weighted by atomic mass is 9.95. The number of hydrogen-bond donors (Lipinski definition) is 1. The molecule has 3 heterocycles. The van der Waals surface area contributed by atoms with Gasteiger partial charge < -0.3 is 10.2 Å². The van der Waals surface area contributed by atoms with Crippen molar-refractivity contribution >= 4 is 28.3 Å². The first-order valence-electron chi connectivity index (χ1n) is 9.15. The Hall–Kier alpha value is -2.49. The van der Waals surface area contributed by atoms with E-state index in [4.69, 9.17) is 0 Å². The Morgan fingerprint density at radius 2 is 2.00 bits per heavy atom. The molecule has 1 N–H and O–H groups in total. The normalized spacial score (nSPS) is 17.9. The fourth-order valence-electron chi connectivity index (χ4n) is 3.49. The minimum Gasteiger partial charge on any atom is -0.342 e. The lowest BCUT2D eigenvalue weighted by molar-refractivity contribution is -0.133. The van der Waals surface area contributed by atoms with Gasteiger partial charge in [-0.05, 0) is 25.7 Å². The zero-order chi connectivity index (χ0) is 19.0. The van der Waals surface area contributed by atoms with Crippen LogP contribution in [-0.4, -0.2) is 49.1 Å². The molecular weight excluding hydrogens is 368 g/mol. The predicted octanol–water partition coefficient (Wildman–Crippen LogP) is 0.793. The van der Waals surface area contributed by atoms with Gasteiger partial charge in [0.1, 0.15) is 12.4 Å². The number of thiazole rings is 1. The second-order valence-corrected chi connectivity index (χ2v) is 8.01. The van der Waals surface area contributed by atoms with E-state index in [1.165, 1.54) is 20.6 Å². The second-order valence-electron chi connectivity index (χ2n) is 7.12. The highest BCUT2D eigenvalue weighted by Crippen LogP contribution is 2.33. The smallest absolute Gasteiger partial charge is 0.342 e. The Balaban J connectivity index is 1.40. The van der Waals surface area contributed by atoms with E-state index >= 15 is 0 Å². The maximum absolute atomic E-state index is 12.4. The van der Waals surface area contributed by atoms with Crippen LogP contribution >= 0.6 is 11.3 Å². The third-order valence-electron chi connectivity index (χ3n) is 5.14. The van der Waals surface area contributed by atoms with Crippen LogP contribution in [0.2, 0.25) is 0 Å². The van der Waals surface area contributed by atoms with Crippen LogP contribution in [-0.2, 0) is 23.2 Å². The molecule has 1 saturated heterocycles. The van der Waals surface area contributed by atoms with Gasteiger partial charge in [-0.2, -0.15) is 5.10 Å². The lowest BCUT2D eigenvalue weighted by Crippen LogP contribution is -2.39.